The van der Waals surface area contributed by atoms with E-state index < -0.39 is 0 Å². The molecule has 4 nitrogen and oxygen atoms in total. The SMILES string of the molecule is CNCC1CCN(C(=O)Cc2cccc(OCc3ccc(Cl)cc3)c2)C1.Cl. The van der Waals surface area contributed by atoms with Crippen LogP contribution in [0.2, 0.25) is 5.02 Å². The molecular formula is C21H26Cl2N2O2. The van der Waals surface area contributed by atoms with E-state index in [1.54, 1.807) is 0 Å². The van der Waals surface area contributed by atoms with Gasteiger partial charge in [-0.25, -0.2) is 0 Å². The van der Waals surface area contributed by atoms with Gasteiger partial charge >= 0.3 is 0 Å². The van der Waals surface area contributed by atoms with E-state index in [9.17, 15) is 4.79 Å². The molecule has 0 radical (unpaired) electrons. The largest absolute Gasteiger partial charge is 0.489 e. The summed E-state index contributed by atoms with van der Waals surface area (Å²) in [5.41, 5.74) is 2.05. The van der Waals surface area contributed by atoms with Gasteiger partial charge in [0.15, 0.2) is 0 Å². The number of rotatable bonds is 7. The normalized spacial score (nSPS) is 16.1. The second-order valence-corrected chi connectivity index (χ2v) is 7.23. The lowest BCUT2D eigenvalue weighted by Gasteiger charge is -2.17. The van der Waals surface area contributed by atoms with Gasteiger partial charge < -0.3 is 15.0 Å². The van der Waals surface area contributed by atoms with Gasteiger partial charge in [-0.2, -0.15) is 0 Å². The minimum Gasteiger partial charge on any atom is -0.489 e. The summed E-state index contributed by atoms with van der Waals surface area (Å²) < 4.78 is 5.85. The minimum atomic E-state index is 0. The molecule has 146 valence electrons. The van der Waals surface area contributed by atoms with Crippen LogP contribution in [0.1, 0.15) is 17.5 Å². The van der Waals surface area contributed by atoms with Crippen LogP contribution in [0.5, 0.6) is 5.75 Å². The number of hydrogen-bond acceptors (Lipinski definition) is 3. The molecule has 0 aromatic heterocycles. The monoisotopic (exact) mass is 408 g/mol. The molecule has 1 heterocycles. The van der Waals surface area contributed by atoms with Crippen LogP contribution in [0, 0.1) is 5.92 Å². The molecular weight excluding hydrogens is 383 g/mol. The Balaban J connectivity index is 0.00000261. The number of carbonyl (C=O) groups is 1. The maximum absolute atomic E-state index is 12.5. The lowest BCUT2D eigenvalue weighted by atomic mass is 10.1. The fraction of sp³-hybridized carbons (Fsp3) is 0.381. The predicted molar refractivity (Wildman–Crippen MR) is 112 cm³/mol. The van der Waals surface area contributed by atoms with Gasteiger partial charge in [-0.3, -0.25) is 4.79 Å². The third kappa shape index (κ3) is 6.42. The Kier molecular flexibility index (Phi) is 8.42. The second kappa shape index (κ2) is 10.5. The minimum absolute atomic E-state index is 0. The first-order chi connectivity index (χ1) is 12.6. The number of benzene rings is 2. The Hall–Kier alpha value is -1.75. The van der Waals surface area contributed by atoms with Crippen LogP contribution in [0.15, 0.2) is 48.5 Å². The number of hydrogen-bond donors (Lipinski definition) is 1. The molecule has 27 heavy (non-hydrogen) atoms. The highest BCUT2D eigenvalue weighted by Crippen LogP contribution is 2.20. The van der Waals surface area contributed by atoms with Gasteiger partial charge in [-0.1, -0.05) is 35.9 Å². The van der Waals surface area contributed by atoms with Crippen molar-refractivity contribution in [3.8, 4) is 5.75 Å². The summed E-state index contributed by atoms with van der Waals surface area (Å²) in [5, 5.41) is 3.91. The predicted octanol–water partition coefficient (Wildman–Crippen LogP) is 3.95. The van der Waals surface area contributed by atoms with Crippen molar-refractivity contribution in [1.29, 1.82) is 0 Å². The molecule has 1 amide bonds. The third-order valence-corrected chi connectivity index (χ3v) is 4.96. The van der Waals surface area contributed by atoms with Crippen molar-refractivity contribution in [2.45, 2.75) is 19.4 Å². The van der Waals surface area contributed by atoms with Crippen LogP contribution in [0.4, 0.5) is 0 Å². The van der Waals surface area contributed by atoms with E-state index in [4.69, 9.17) is 16.3 Å². The van der Waals surface area contributed by atoms with Crippen LogP contribution in [-0.4, -0.2) is 37.5 Å². The van der Waals surface area contributed by atoms with Crippen molar-refractivity contribution in [2.24, 2.45) is 5.92 Å². The smallest absolute Gasteiger partial charge is 0.227 e. The maximum Gasteiger partial charge on any atom is 0.227 e. The first kappa shape index (κ1) is 21.5. The zero-order valence-corrected chi connectivity index (χ0v) is 17.1. The molecule has 0 aliphatic carbocycles. The number of carbonyl (C=O) groups excluding carboxylic acids is 1. The summed E-state index contributed by atoms with van der Waals surface area (Å²) in [6.07, 6.45) is 1.50. The van der Waals surface area contributed by atoms with E-state index in [0.717, 1.165) is 42.9 Å². The fourth-order valence-electron chi connectivity index (χ4n) is 3.29. The maximum atomic E-state index is 12.5. The molecule has 0 saturated carbocycles. The Morgan fingerprint density at radius 1 is 1.22 bits per heavy atom. The van der Waals surface area contributed by atoms with Gasteiger partial charge in [0.2, 0.25) is 5.91 Å². The van der Waals surface area contributed by atoms with Crippen molar-refractivity contribution in [3.63, 3.8) is 0 Å². The summed E-state index contributed by atoms with van der Waals surface area (Å²) in [4.78, 5) is 14.5. The molecule has 2 aromatic carbocycles. The van der Waals surface area contributed by atoms with E-state index >= 15 is 0 Å². The van der Waals surface area contributed by atoms with Gasteiger partial charge in [0.1, 0.15) is 12.4 Å². The highest BCUT2D eigenvalue weighted by atomic mass is 35.5. The molecule has 0 bridgehead atoms. The van der Waals surface area contributed by atoms with Gasteiger partial charge in [-0.15, -0.1) is 12.4 Å². The number of nitrogens with zero attached hydrogens (tertiary/aromatic N) is 1. The van der Waals surface area contributed by atoms with Crippen LogP contribution in [0.25, 0.3) is 0 Å². The standard InChI is InChI=1S/C21H25ClN2O2.ClH/c1-23-13-18-9-10-24(14-18)21(25)12-17-3-2-4-20(11-17)26-15-16-5-7-19(22)8-6-16;/h2-8,11,18,23H,9-10,12-15H2,1H3;1H. The first-order valence-electron chi connectivity index (χ1n) is 9.02. The molecule has 0 spiro atoms. The second-order valence-electron chi connectivity index (χ2n) is 6.79. The number of amides is 1. The molecule has 1 aliphatic heterocycles. The van der Waals surface area contributed by atoms with Crippen LogP contribution < -0.4 is 10.1 Å². The van der Waals surface area contributed by atoms with Crippen molar-refractivity contribution in [2.75, 3.05) is 26.7 Å². The lowest BCUT2D eigenvalue weighted by Crippen LogP contribution is -2.31. The molecule has 1 fully saturated rings. The summed E-state index contributed by atoms with van der Waals surface area (Å²) in [6.45, 7) is 3.16. The summed E-state index contributed by atoms with van der Waals surface area (Å²) in [7, 11) is 1.96. The summed E-state index contributed by atoms with van der Waals surface area (Å²) in [5.74, 6) is 1.54. The van der Waals surface area contributed by atoms with Crippen molar-refractivity contribution in [3.05, 3.63) is 64.7 Å². The zero-order chi connectivity index (χ0) is 18.4. The molecule has 3 rings (SSSR count). The number of nitrogens with one attached hydrogen (secondary N) is 1. The molecule has 1 N–H and O–H groups in total. The Morgan fingerprint density at radius 2 is 2.00 bits per heavy atom. The number of halogens is 2. The first-order valence-corrected chi connectivity index (χ1v) is 9.40. The van der Waals surface area contributed by atoms with Crippen molar-refractivity contribution in [1.82, 2.24) is 10.2 Å². The average Bonchev–Trinajstić information content (AvgIpc) is 3.11. The number of ether oxygens (including phenoxy) is 1. The Bertz CT molecular complexity index is 737. The van der Waals surface area contributed by atoms with Gasteiger partial charge in [0.25, 0.3) is 0 Å². The quantitative estimate of drug-likeness (QED) is 0.753. The van der Waals surface area contributed by atoms with Gasteiger partial charge in [0, 0.05) is 18.1 Å². The summed E-state index contributed by atoms with van der Waals surface area (Å²) >= 11 is 5.90. The van der Waals surface area contributed by atoms with Crippen LogP contribution >= 0.6 is 24.0 Å². The molecule has 2 aromatic rings. The lowest BCUT2D eigenvalue weighted by molar-refractivity contribution is -0.129. The molecule has 6 heteroatoms. The van der Waals surface area contributed by atoms with E-state index in [-0.39, 0.29) is 18.3 Å². The highest BCUT2D eigenvalue weighted by Gasteiger charge is 2.25. The van der Waals surface area contributed by atoms with E-state index in [0.29, 0.717) is 24.0 Å². The highest BCUT2D eigenvalue weighted by molar-refractivity contribution is 6.30. The summed E-state index contributed by atoms with van der Waals surface area (Å²) in [6, 6.07) is 15.4. The third-order valence-electron chi connectivity index (χ3n) is 4.70. The zero-order valence-electron chi connectivity index (χ0n) is 15.5. The topological polar surface area (TPSA) is 41.6 Å². The van der Waals surface area contributed by atoms with E-state index in [1.807, 2.05) is 60.5 Å². The van der Waals surface area contributed by atoms with Crippen LogP contribution in [-0.2, 0) is 17.8 Å². The van der Waals surface area contributed by atoms with Gasteiger partial charge in [-0.05, 0) is 61.3 Å². The molecule has 1 saturated heterocycles. The molecule has 1 atom stereocenters. The van der Waals surface area contributed by atoms with E-state index in [1.165, 1.54) is 0 Å². The molecule has 1 aliphatic rings. The van der Waals surface area contributed by atoms with Crippen molar-refractivity contribution < 1.29 is 9.53 Å². The Labute approximate surface area is 172 Å². The Morgan fingerprint density at radius 3 is 2.74 bits per heavy atom. The van der Waals surface area contributed by atoms with Crippen molar-refractivity contribution >= 4 is 29.9 Å². The van der Waals surface area contributed by atoms with E-state index in [2.05, 4.69) is 5.32 Å². The number of likely N-dealkylation sites (tertiary alicyclic amines) is 1. The molecule has 1 unspecified atom stereocenters. The fourth-order valence-corrected chi connectivity index (χ4v) is 3.42. The van der Waals surface area contributed by atoms with Crippen LogP contribution in [0.3, 0.4) is 0 Å². The average molecular weight is 409 g/mol. The van der Waals surface area contributed by atoms with Gasteiger partial charge in [0.05, 0.1) is 6.42 Å².